The number of hydrogen-bond acceptors (Lipinski definition) is 6. The lowest BCUT2D eigenvalue weighted by atomic mass is 10.0. The first-order chi connectivity index (χ1) is 9.50. The van der Waals surface area contributed by atoms with Crippen molar-refractivity contribution in [1.82, 2.24) is 15.0 Å². The van der Waals surface area contributed by atoms with Crippen LogP contribution in [0.2, 0.25) is 0 Å². The molecule has 0 amide bonds. The van der Waals surface area contributed by atoms with Crippen molar-refractivity contribution in [3.63, 3.8) is 0 Å². The van der Waals surface area contributed by atoms with Crippen molar-refractivity contribution < 1.29 is 13.3 Å². The minimum Gasteiger partial charge on any atom is -0.316 e. The van der Waals surface area contributed by atoms with Gasteiger partial charge in [-0.15, -0.1) is 0 Å². The largest absolute Gasteiger partial charge is 0.316 e. The number of pyridine rings is 1. The molecule has 2 N–H and O–H groups in total. The van der Waals surface area contributed by atoms with Gasteiger partial charge in [0.05, 0.1) is 4.92 Å². The third-order valence-corrected chi connectivity index (χ3v) is 4.53. The van der Waals surface area contributed by atoms with E-state index in [1.807, 2.05) is 0 Å². The van der Waals surface area contributed by atoms with E-state index in [0.717, 1.165) is 32.0 Å². The average molecular weight is 300 g/mol. The van der Waals surface area contributed by atoms with Crippen molar-refractivity contribution in [2.24, 2.45) is 5.92 Å². The predicted molar refractivity (Wildman–Crippen MR) is 71.7 cm³/mol. The molecule has 1 aliphatic rings. The maximum absolute atomic E-state index is 12.1. The topological polar surface area (TPSA) is 114 Å². The molecule has 110 valence electrons. The van der Waals surface area contributed by atoms with Gasteiger partial charge in [0.1, 0.15) is 0 Å². The van der Waals surface area contributed by atoms with E-state index in [1.165, 1.54) is 12.3 Å². The molecule has 1 fully saturated rings. The molecule has 0 aliphatic carbocycles. The van der Waals surface area contributed by atoms with Crippen molar-refractivity contribution in [3.8, 4) is 0 Å². The van der Waals surface area contributed by atoms with Crippen LogP contribution in [0.15, 0.2) is 23.4 Å². The van der Waals surface area contributed by atoms with Crippen molar-refractivity contribution >= 4 is 15.7 Å². The molecule has 20 heavy (non-hydrogen) atoms. The normalized spacial score (nSPS) is 19.7. The second-order valence-electron chi connectivity index (χ2n) is 4.65. The van der Waals surface area contributed by atoms with Gasteiger partial charge in [-0.3, -0.25) is 10.1 Å². The Morgan fingerprint density at radius 1 is 1.55 bits per heavy atom. The summed E-state index contributed by atoms with van der Waals surface area (Å²) in [5.74, 6) is 0.196. The molecule has 9 heteroatoms. The van der Waals surface area contributed by atoms with Gasteiger partial charge in [-0.05, 0) is 37.9 Å². The number of nitro groups is 1. The van der Waals surface area contributed by atoms with Crippen LogP contribution in [0, 0.1) is 16.0 Å². The molecule has 2 rings (SSSR count). The third kappa shape index (κ3) is 3.50. The second kappa shape index (κ2) is 6.25. The van der Waals surface area contributed by atoms with E-state index in [4.69, 9.17) is 0 Å². The van der Waals surface area contributed by atoms with Gasteiger partial charge in [0.2, 0.25) is 5.03 Å². The van der Waals surface area contributed by atoms with Crippen LogP contribution in [0.5, 0.6) is 0 Å². The zero-order chi connectivity index (χ0) is 14.6. The van der Waals surface area contributed by atoms with E-state index in [2.05, 4.69) is 15.0 Å². The molecule has 0 saturated carbocycles. The fourth-order valence-corrected chi connectivity index (χ4v) is 3.33. The fraction of sp³-hybridized carbons (Fsp3) is 0.545. The first-order valence-electron chi connectivity index (χ1n) is 6.30. The number of nitrogens with one attached hydrogen (secondary N) is 2. The van der Waals surface area contributed by atoms with Crippen LogP contribution in [0.1, 0.15) is 12.8 Å². The van der Waals surface area contributed by atoms with E-state index in [-0.39, 0.29) is 12.5 Å². The molecule has 0 aromatic carbocycles. The van der Waals surface area contributed by atoms with E-state index in [1.54, 1.807) is 0 Å². The Morgan fingerprint density at radius 3 is 3.00 bits per heavy atom. The molecule has 1 saturated heterocycles. The molecule has 0 radical (unpaired) electrons. The van der Waals surface area contributed by atoms with E-state index < -0.39 is 25.7 Å². The van der Waals surface area contributed by atoms with Gasteiger partial charge in [0.25, 0.3) is 10.0 Å². The third-order valence-electron chi connectivity index (χ3n) is 3.16. The van der Waals surface area contributed by atoms with E-state index in [0.29, 0.717) is 0 Å². The zero-order valence-corrected chi connectivity index (χ0v) is 11.6. The standard InChI is InChI=1S/C11H16N4O4S/c16-15(17)10-4-2-6-13-11(10)20(18,19)14-8-9-3-1-5-12-7-9/h2,4,6,9,12,14H,1,3,5,7-8H2. The van der Waals surface area contributed by atoms with Gasteiger partial charge >= 0.3 is 5.69 Å². The number of nitrogens with zero attached hydrogens (tertiary/aromatic N) is 2. The summed E-state index contributed by atoms with van der Waals surface area (Å²) < 4.78 is 26.6. The molecule has 1 atom stereocenters. The summed E-state index contributed by atoms with van der Waals surface area (Å²) >= 11 is 0. The van der Waals surface area contributed by atoms with Gasteiger partial charge in [0.15, 0.2) is 0 Å². The van der Waals surface area contributed by atoms with Gasteiger partial charge in [-0.25, -0.2) is 18.1 Å². The minimum atomic E-state index is -3.97. The maximum Gasteiger partial charge on any atom is 0.308 e. The molecule has 0 spiro atoms. The van der Waals surface area contributed by atoms with Gasteiger partial charge in [0, 0.05) is 18.8 Å². The van der Waals surface area contributed by atoms with E-state index in [9.17, 15) is 18.5 Å². The molecule has 0 bridgehead atoms. The predicted octanol–water partition coefficient (Wildman–Crippen LogP) is 0.268. The lowest BCUT2D eigenvalue weighted by Gasteiger charge is -2.22. The molecule has 1 aromatic rings. The van der Waals surface area contributed by atoms with Crippen LogP contribution in [-0.4, -0.2) is 38.0 Å². The number of aromatic nitrogens is 1. The monoisotopic (exact) mass is 300 g/mol. The molecule has 1 aromatic heterocycles. The number of piperidine rings is 1. The van der Waals surface area contributed by atoms with Gasteiger partial charge in [-0.1, -0.05) is 0 Å². The van der Waals surface area contributed by atoms with E-state index >= 15 is 0 Å². The van der Waals surface area contributed by atoms with Gasteiger partial charge in [-0.2, -0.15) is 0 Å². The molecule has 8 nitrogen and oxygen atoms in total. The Labute approximate surface area is 116 Å². The Kier molecular flexibility index (Phi) is 4.63. The fourth-order valence-electron chi connectivity index (χ4n) is 2.12. The first-order valence-corrected chi connectivity index (χ1v) is 7.79. The highest BCUT2D eigenvalue weighted by atomic mass is 32.2. The van der Waals surface area contributed by atoms with Crippen molar-refractivity contribution in [2.45, 2.75) is 17.9 Å². The Hall–Kier alpha value is -1.58. The molecule has 1 aliphatic heterocycles. The van der Waals surface area contributed by atoms with Crippen molar-refractivity contribution in [3.05, 3.63) is 28.4 Å². The summed E-state index contributed by atoms with van der Waals surface area (Å²) in [7, 11) is -3.97. The minimum absolute atomic E-state index is 0.196. The average Bonchev–Trinajstić information content (AvgIpc) is 2.46. The lowest BCUT2D eigenvalue weighted by molar-refractivity contribution is -0.388. The Morgan fingerprint density at radius 2 is 2.35 bits per heavy atom. The number of sulfonamides is 1. The van der Waals surface area contributed by atoms with Crippen molar-refractivity contribution in [1.29, 1.82) is 0 Å². The highest BCUT2D eigenvalue weighted by molar-refractivity contribution is 7.89. The molecule has 1 unspecified atom stereocenters. The van der Waals surface area contributed by atoms with Gasteiger partial charge < -0.3 is 5.32 Å². The zero-order valence-electron chi connectivity index (χ0n) is 10.8. The van der Waals surface area contributed by atoms with Crippen molar-refractivity contribution in [2.75, 3.05) is 19.6 Å². The van der Waals surface area contributed by atoms with Crippen LogP contribution in [0.4, 0.5) is 5.69 Å². The smallest absolute Gasteiger partial charge is 0.308 e. The SMILES string of the molecule is O=[N+]([O-])c1cccnc1S(=O)(=O)NCC1CCCNC1. The Balaban J connectivity index is 2.12. The molecular formula is C11H16N4O4S. The number of rotatable bonds is 5. The summed E-state index contributed by atoms with van der Waals surface area (Å²) in [6.07, 6.45) is 3.15. The van der Waals surface area contributed by atoms with Crippen LogP contribution in [-0.2, 0) is 10.0 Å². The number of hydrogen-bond donors (Lipinski definition) is 2. The van der Waals surface area contributed by atoms with Crippen LogP contribution in [0.25, 0.3) is 0 Å². The molecule has 2 heterocycles. The lowest BCUT2D eigenvalue weighted by Crippen LogP contribution is -2.38. The summed E-state index contributed by atoms with van der Waals surface area (Å²) in [4.78, 5) is 13.7. The first kappa shape index (κ1) is 14.8. The second-order valence-corrected chi connectivity index (χ2v) is 6.33. The highest BCUT2D eigenvalue weighted by Gasteiger charge is 2.27. The highest BCUT2D eigenvalue weighted by Crippen LogP contribution is 2.20. The van der Waals surface area contributed by atoms with Crippen LogP contribution in [0.3, 0.4) is 0 Å². The summed E-state index contributed by atoms with van der Waals surface area (Å²) in [5.41, 5.74) is -0.512. The van der Waals surface area contributed by atoms with Crippen LogP contribution >= 0.6 is 0 Å². The maximum atomic E-state index is 12.1. The summed E-state index contributed by atoms with van der Waals surface area (Å²) in [6, 6.07) is 2.46. The van der Waals surface area contributed by atoms with Crippen LogP contribution < -0.4 is 10.0 Å². The molecular weight excluding hydrogens is 284 g/mol. The quantitative estimate of drug-likeness (QED) is 0.596. The Bertz CT molecular complexity index is 584. The summed E-state index contributed by atoms with van der Waals surface area (Å²) in [6.45, 7) is 1.94. The summed E-state index contributed by atoms with van der Waals surface area (Å²) in [5, 5.41) is 13.5.